The van der Waals surface area contributed by atoms with E-state index in [9.17, 15) is 4.39 Å². The highest BCUT2D eigenvalue weighted by molar-refractivity contribution is 6.00. The summed E-state index contributed by atoms with van der Waals surface area (Å²) in [5.41, 5.74) is 2.79. The molecule has 0 N–H and O–H groups in total. The second-order valence-corrected chi connectivity index (χ2v) is 5.05. The molecule has 106 valence electrons. The molecule has 1 atom stereocenters. The molecule has 19 heavy (non-hydrogen) atoms. The third-order valence-electron chi connectivity index (χ3n) is 3.66. The number of benzene rings is 1. The number of aliphatic imine (C=N–C) groups is 1. The van der Waals surface area contributed by atoms with Crippen LogP contribution in [-0.4, -0.2) is 12.8 Å². The van der Waals surface area contributed by atoms with Crippen LogP contribution in [0.15, 0.2) is 23.2 Å². The van der Waals surface area contributed by atoms with Gasteiger partial charge in [0.05, 0.1) is 0 Å². The van der Waals surface area contributed by atoms with Crippen molar-refractivity contribution < 1.29 is 4.39 Å². The summed E-state index contributed by atoms with van der Waals surface area (Å²) < 4.78 is 14.3. The first-order valence-electron chi connectivity index (χ1n) is 7.43. The van der Waals surface area contributed by atoms with Gasteiger partial charge in [0.2, 0.25) is 0 Å². The van der Waals surface area contributed by atoms with Gasteiger partial charge in [-0.2, -0.15) is 0 Å². The van der Waals surface area contributed by atoms with Gasteiger partial charge in [-0.3, -0.25) is 4.99 Å². The van der Waals surface area contributed by atoms with Crippen LogP contribution in [0.3, 0.4) is 0 Å². The van der Waals surface area contributed by atoms with Crippen LogP contribution in [0.1, 0.15) is 69.9 Å². The zero-order valence-corrected chi connectivity index (χ0v) is 12.7. The van der Waals surface area contributed by atoms with Crippen LogP contribution < -0.4 is 0 Å². The van der Waals surface area contributed by atoms with E-state index in [0.29, 0.717) is 5.92 Å². The highest BCUT2D eigenvalue weighted by atomic mass is 19.1. The summed E-state index contributed by atoms with van der Waals surface area (Å²) in [4.78, 5) is 4.27. The quantitative estimate of drug-likeness (QED) is 0.589. The number of hydrogen-bond acceptors (Lipinski definition) is 1. The van der Waals surface area contributed by atoms with Gasteiger partial charge in [-0.15, -0.1) is 0 Å². The monoisotopic (exact) mass is 263 g/mol. The molecular weight excluding hydrogens is 237 g/mol. The minimum absolute atomic E-state index is 0.0740. The van der Waals surface area contributed by atoms with Gasteiger partial charge in [0.25, 0.3) is 0 Å². The molecule has 0 bridgehead atoms. The summed E-state index contributed by atoms with van der Waals surface area (Å²) in [5, 5.41) is 0. The Hall–Kier alpha value is -1.18. The number of halogens is 1. The number of hydrogen-bond donors (Lipinski definition) is 0. The van der Waals surface area contributed by atoms with E-state index in [0.717, 1.165) is 48.9 Å². The number of nitrogens with zero attached hydrogens (tertiary/aromatic N) is 1. The standard InChI is InChI=1S/C17H26FN/c1-5-8-13(7-3)15-11-10-14(12-16(15)18)17(19-4)9-6-2/h10-13H,5-9H2,1-4H3/b19-17+. The van der Waals surface area contributed by atoms with Crippen LogP contribution in [0.25, 0.3) is 0 Å². The van der Waals surface area contributed by atoms with Gasteiger partial charge in [0.1, 0.15) is 5.82 Å². The third kappa shape index (κ3) is 4.15. The molecule has 1 aromatic rings. The summed E-state index contributed by atoms with van der Waals surface area (Å²) in [6, 6.07) is 5.63. The van der Waals surface area contributed by atoms with E-state index >= 15 is 0 Å². The van der Waals surface area contributed by atoms with Crippen molar-refractivity contribution in [3.63, 3.8) is 0 Å². The fraction of sp³-hybridized carbons (Fsp3) is 0.588. The van der Waals surface area contributed by atoms with Gasteiger partial charge >= 0.3 is 0 Å². The predicted octanol–water partition coefficient (Wildman–Crippen LogP) is 5.34. The molecule has 0 aliphatic rings. The lowest BCUT2D eigenvalue weighted by Gasteiger charge is -2.16. The fourth-order valence-corrected chi connectivity index (χ4v) is 2.59. The lowest BCUT2D eigenvalue weighted by atomic mass is 9.90. The Labute approximate surface area is 117 Å². The van der Waals surface area contributed by atoms with Crippen molar-refractivity contribution in [2.45, 2.75) is 58.8 Å². The van der Waals surface area contributed by atoms with Crippen molar-refractivity contribution in [1.82, 2.24) is 0 Å². The van der Waals surface area contributed by atoms with E-state index in [1.54, 1.807) is 13.1 Å². The Kier molecular flexibility index (Phi) is 6.75. The minimum atomic E-state index is -0.0740. The van der Waals surface area contributed by atoms with E-state index in [4.69, 9.17) is 0 Å². The van der Waals surface area contributed by atoms with Crippen LogP contribution in [0, 0.1) is 5.82 Å². The maximum absolute atomic E-state index is 14.3. The van der Waals surface area contributed by atoms with E-state index in [1.165, 1.54) is 0 Å². The molecule has 0 aromatic heterocycles. The molecule has 1 nitrogen and oxygen atoms in total. The second kappa shape index (κ2) is 8.08. The SMILES string of the molecule is CCC/C(=N\C)c1ccc(C(CC)CCC)c(F)c1. The lowest BCUT2D eigenvalue weighted by molar-refractivity contribution is 0.539. The van der Waals surface area contributed by atoms with Crippen LogP contribution in [-0.2, 0) is 0 Å². The summed E-state index contributed by atoms with van der Waals surface area (Å²) >= 11 is 0. The lowest BCUT2D eigenvalue weighted by Crippen LogP contribution is -2.05. The molecule has 0 fully saturated rings. The molecule has 0 radical (unpaired) electrons. The number of rotatable bonds is 7. The summed E-state index contributed by atoms with van der Waals surface area (Å²) in [7, 11) is 1.78. The first-order chi connectivity index (χ1) is 9.17. The fourth-order valence-electron chi connectivity index (χ4n) is 2.59. The van der Waals surface area contributed by atoms with Crippen LogP contribution in [0.2, 0.25) is 0 Å². The largest absolute Gasteiger partial charge is 0.292 e. The molecule has 2 heteroatoms. The van der Waals surface area contributed by atoms with Gasteiger partial charge in [-0.05, 0) is 42.4 Å². The average Bonchev–Trinajstić information content (AvgIpc) is 2.42. The summed E-state index contributed by atoms with van der Waals surface area (Å²) in [5.74, 6) is 0.266. The van der Waals surface area contributed by atoms with Gasteiger partial charge in [0.15, 0.2) is 0 Å². The van der Waals surface area contributed by atoms with Crippen molar-refractivity contribution in [3.8, 4) is 0 Å². The zero-order valence-electron chi connectivity index (χ0n) is 12.7. The Bertz CT molecular complexity index is 423. The topological polar surface area (TPSA) is 12.4 Å². The Morgan fingerprint density at radius 3 is 2.42 bits per heavy atom. The van der Waals surface area contributed by atoms with Crippen LogP contribution in [0.5, 0.6) is 0 Å². The molecule has 0 amide bonds. The highest BCUT2D eigenvalue weighted by Gasteiger charge is 2.14. The Morgan fingerprint density at radius 2 is 1.95 bits per heavy atom. The average molecular weight is 263 g/mol. The normalized spacial score (nSPS) is 13.6. The van der Waals surface area contributed by atoms with Gasteiger partial charge < -0.3 is 0 Å². The van der Waals surface area contributed by atoms with Crippen molar-refractivity contribution in [2.75, 3.05) is 7.05 Å². The highest BCUT2D eigenvalue weighted by Crippen LogP contribution is 2.27. The molecular formula is C17H26FN. The molecule has 0 aliphatic carbocycles. The molecule has 1 rings (SSSR count). The van der Waals surface area contributed by atoms with E-state index in [-0.39, 0.29) is 5.82 Å². The first-order valence-corrected chi connectivity index (χ1v) is 7.43. The smallest absolute Gasteiger partial charge is 0.127 e. The zero-order chi connectivity index (χ0) is 14.3. The van der Waals surface area contributed by atoms with Crippen molar-refractivity contribution >= 4 is 5.71 Å². The van der Waals surface area contributed by atoms with Crippen molar-refractivity contribution in [3.05, 3.63) is 35.1 Å². The van der Waals surface area contributed by atoms with Gasteiger partial charge in [-0.1, -0.05) is 45.7 Å². The molecule has 0 spiro atoms. The van der Waals surface area contributed by atoms with Crippen LogP contribution in [0.4, 0.5) is 4.39 Å². The molecule has 1 aromatic carbocycles. The van der Waals surface area contributed by atoms with Crippen molar-refractivity contribution in [2.24, 2.45) is 4.99 Å². The van der Waals surface area contributed by atoms with E-state index in [2.05, 4.69) is 25.8 Å². The minimum Gasteiger partial charge on any atom is -0.292 e. The molecule has 0 heterocycles. The maximum atomic E-state index is 14.3. The predicted molar refractivity (Wildman–Crippen MR) is 81.7 cm³/mol. The van der Waals surface area contributed by atoms with Crippen molar-refractivity contribution in [1.29, 1.82) is 0 Å². The van der Waals surface area contributed by atoms with E-state index < -0.39 is 0 Å². The third-order valence-corrected chi connectivity index (χ3v) is 3.66. The second-order valence-electron chi connectivity index (χ2n) is 5.05. The first kappa shape index (κ1) is 15.9. The van der Waals surface area contributed by atoms with E-state index in [1.807, 2.05) is 12.1 Å². The molecule has 0 saturated carbocycles. The summed E-state index contributed by atoms with van der Waals surface area (Å²) in [6.07, 6.45) is 5.08. The summed E-state index contributed by atoms with van der Waals surface area (Å²) in [6.45, 7) is 6.39. The molecule has 1 unspecified atom stereocenters. The maximum Gasteiger partial charge on any atom is 0.127 e. The van der Waals surface area contributed by atoms with Gasteiger partial charge in [-0.25, -0.2) is 4.39 Å². The van der Waals surface area contributed by atoms with Crippen LogP contribution >= 0.6 is 0 Å². The Morgan fingerprint density at radius 1 is 1.21 bits per heavy atom. The molecule has 0 saturated heterocycles. The molecule has 0 aliphatic heterocycles. The Balaban J connectivity index is 3.02. The van der Waals surface area contributed by atoms with Gasteiger partial charge in [0, 0.05) is 12.8 Å².